The fraction of sp³-hybridized carbons (Fsp3) is 0.750. The van der Waals surface area contributed by atoms with Crippen molar-refractivity contribution in [2.45, 2.75) is 50.8 Å². The summed E-state index contributed by atoms with van der Waals surface area (Å²) < 4.78 is 7.61. The van der Waals surface area contributed by atoms with Gasteiger partial charge in [-0.3, -0.25) is 10.5 Å². The highest BCUT2D eigenvalue weighted by atomic mass is 35.5. The van der Waals surface area contributed by atoms with Gasteiger partial charge in [0.05, 0.1) is 28.6 Å². The third-order valence-electron chi connectivity index (χ3n) is 3.85. The Labute approximate surface area is 113 Å². The lowest BCUT2D eigenvalue weighted by Crippen LogP contribution is -2.53. The molecule has 18 heavy (non-hydrogen) atoms. The van der Waals surface area contributed by atoms with E-state index in [9.17, 15) is 0 Å². The van der Waals surface area contributed by atoms with Gasteiger partial charge in [0.25, 0.3) is 0 Å². The number of ether oxygens (including phenoxy) is 1. The molecule has 1 aliphatic rings. The number of hydrogen-bond donors (Lipinski definition) is 2. The van der Waals surface area contributed by atoms with Crippen molar-refractivity contribution in [2.75, 3.05) is 7.11 Å². The van der Waals surface area contributed by atoms with Crippen LogP contribution in [0.2, 0.25) is 5.02 Å². The fourth-order valence-electron chi connectivity index (χ4n) is 2.65. The summed E-state index contributed by atoms with van der Waals surface area (Å²) in [6.07, 6.45) is 4.79. The first kappa shape index (κ1) is 13.8. The number of halogens is 1. The third kappa shape index (κ3) is 2.05. The largest absolute Gasteiger partial charge is 0.376 e. The molecule has 1 saturated carbocycles. The summed E-state index contributed by atoms with van der Waals surface area (Å²) in [5, 5.41) is 4.96. The Bertz CT molecular complexity index is 409. The Morgan fingerprint density at radius 3 is 2.61 bits per heavy atom. The van der Waals surface area contributed by atoms with E-state index in [0.717, 1.165) is 25.0 Å². The summed E-state index contributed by atoms with van der Waals surface area (Å²) in [5.41, 5.74) is 3.52. The predicted molar refractivity (Wildman–Crippen MR) is 71.3 cm³/mol. The number of aromatic nitrogens is 2. The lowest BCUT2D eigenvalue weighted by molar-refractivity contribution is -0.102. The summed E-state index contributed by atoms with van der Waals surface area (Å²) >= 11 is 6.27. The van der Waals surface area contributed by atoms with Crippen molar-refractivity contribution in [3.63, 3.8) is 0 Å². The molecule has 0 amide bonds. The molecule has 102 valence electrons. The zero-order valence-corrected chi connectivity index (χ0v) is 11.9. The number of methoxy groups -OCH3 is 1. The van der Waals surface area contributed by atoms with Gasteiger partial charge in [0, 0.05) is 13.2 Å². The predicted octanol–water partition coefficient (Wildman–Crippen LogP) is 2.19. The molecule has 1 aliphatic carbocycles. The average molecular weight is 273 g/mol. The van der Waals surface area contributed by atoms with E-state index in [4.69, 9.17) is 22.2 Å². The summed E-state index contributed by atoms with van der Waals surface area (Å²) in [5.74, 6) is 5.74. The number of hydrogen-bond acceptors (Lipinski definition) is 4. The van der Waals surface area contributed by atoms with Crippen LogP contribution < -0.4 is 11.3 Å². The molecule has 3 N–H and O–H groups in total. The molecule has 6 heteroatoms. The molecule has 1 aromatic rings. The number of nitrogens with zero attached hydrogens (tertiary/aromatic N) is 2. The van der Waals surface area contributed by atoms with Crippen molar-refractivity contribution >= 4 is 11.6 Å². The van der Waals surface area contributed by atoms with E-state index in [1.54, 1.807) is 13.3 Å². The van der Waals surface area contributed by atoms with Gasteiger partial charge in [-0.1, -0.05) is 11.6 Å². The molecular weight excluding hydrogens is 252 g/mol. The smallest absolute Gasteiger partial charge is 0.0933 e. The van der Waals surface area contributed by atoms with Gasteiger partial charge in [-0.2, -0.15) is 5.10 Å². The molecule has 0 saturated heterocycles. The van der Waals surface area contributed by atoms with Crippen molar-refractivity contribution in [2.24, 2.45) is 5.84 Å². The minimum absolute atomic E-state index is 0.131. The maximum Gasteiger partial charge on any atom is 0.0933 e. The normalized spacial score (nSPS) is 19.9. The van der Waals surface area contributed by atoms with E-state index in [1.807, 2.05) is 4.68 Å². The highest BCUT2D eigenvalue weighted by Gasteiger charge is 2.47. The molecule has 1 unspecified atom stereocenters. The van der Waals surface area contributed by atoms with Crippen LogP contribution in [-0.2, 0) is 4.74 Å². The maximum atomic E-state index is 6.27. The first-order valence-corrected chi connectivity index (χ1v) is 6.67. The molecule has 5 nitrogen and oxygen atoms in total. The van der Waals surface area contributed by atoms with E-state index < -0.39 is 0 Å². The lowest BCUT2D eigenvalue weighted by Gasteiger charge is -2.46. The molecule has 1 fully saturated rings. The molecule has 0 radical (unpaired) electrons. The maximum absolute atomic E-state index is 6.27. The molecule has 0 bridgehead atoms. The molecule has 0 aromatic carbocycles. The molecule has 0 aliphatic heterocycles. The third-order valence-corrected chi connectivity index (χ3v) is 4.14. The van der Waals surface area contributed by atoms with Gasteiger partial charge in [0.2, 0.25) is 0 Å². The highest BCUT2D eigenvalue weighted by molar-refractivity contribution is 6.31. The Balaban J connectivity index is 2.41. The second-order valence-electron chi connectivity index (χ2n) is 5.14. The van der Waals surface area contributed by atoms with Crippen molar-refractivity contribution < 1.29 is 4.74 Å². The van der Waals surface area contributed by atoms with Crippen LogP contribution in [0.15, 0.2) is 6.20 Å². The van der Waals surface area contributed by atoms with Crippen LogP contribution >= 0.6 is 11.6 Å². The van der Waals surface area contributed by atoms with Crippen LogP contribution in [0.4, 0.5) is 0 Å². The van der Waals surface area contributed by atoms with E-state index in [2.05, 4.69) is 24.4 Å². The highest BCUT2D eigenvalue weighted by Crippen LogP contribution is 2.46. The minimum atomic E-state index is -0.259. The number of hydrazine groups is 1. The van der Waals surface area contributed by atoms with Gasteiger partial charge in [0.15, 0.2) is 0 Å². The van der Waals surface area contributed by atoms with Crippen molar-refractivity contribution in [3.05, 3.63) is 16.9 Å². The summed E-state index contributed by atoms with van der Waals surface area (Å²) in [7, 11) is 1.73. The van der Waals surface area contributed by atoms with Crippen molar-refractivity contribution in [3.8, 4) is 0 Å². The number of rotatable bonds is 5. The van der Waals surface area contributed by atoms with Crippen LogP contribution in [0.25, 0.3) is 0 Å². The zero-order valence-electron chi connectivity index (χ0n) is 11.1. The molecule has 1 heterocycles. The molecule has 2 rings (SSSR count). The van der Waals surface area contributed by atoms with Gasteiger partial charge in [-0.15, -0.1) is 0 Å². The van der Waals surface area contributed by atoms with Crippen LogP contribution in [0.5, 0.6) is 0 Å². The Hall–Kier alpha value is -0.620. The molecular formula is C12H21ClN4O. The summed E-state index contributed by atoms with van der Waals surface area (Å²) in [4.78, 5) is 0. The van der Waals surface area contributed by atoms with Crippen molar-refractivity contribution in [1.29, 1.82) is 0 Å². The van der Waals surface area contributed by atoms with E-state index in [-0.39, 0.29) is 17.7 Å². The Morgan fingerprint density at radius 1 is 1.56 bits per heavy atom. The average Bonchev–Trinajstić information content (AvgIpc) is 2.65. The quantitative estimate of drug-likeness (QED) is 0.637. The number of nitrogens with two attached hydrogens (primary N) is 1. The van der Waals surface area contributed by atoms with Gasteiger partial charge >= 0.3 is 0 Å². The van der Waals surface area contributed by atoms with Gasteiger partial charge in [-0.25, -0.2) is 5.43 Å². The Kier molecular flexibility index (Phi) is 3.96. The first-order valence-electron chi connectivity index (χ1n) is 6.30. The monoisotopic (exact) mass is 272 g/mol. The van der Waals surface area contributed by atoms with Gasteiger partial charge in [0.1, 0.15) is 0 Å². The van der Waals surface area contributed by atoms with Gasteiger partial charge < -0.3 is 4.74 Å². The molecule has 1 atom stereocenters. The van der Waals surface area contributed by atoms with Crippen molar-refractivity contribution in [1.82, 2.24) is 15.2 Å². The lowest BCUT2D eigenvalue weighted by atomic mass is 9.73. The molecule has 1 aromatic heterocycles. The zero-order chi connectivity index (χ0) is 13.3. The summed E-state index contributed by atoms with van der Waals surface area (Å²) in [6.45, 7) is 4.14. The Morgan fingerprint density at radius 2 is 2.22 bits per heavy atom. The summed E-state index contributed by atoms with van der Waals surface area (Å²) in [6, 6.07) is 0.103. The van der Waals surface area contributed by atoms with E-state index in [1.165, 1.54) is 0 Å². The van der Waals surface area contributed by atoms with E-state index in [0.29, 0.717) is 5.02 Å². The van der Waals surface area contributed by atoms with Crippen LogP contribution in [-0.4, -0.2) is 22.5 Å². The van der Waals surface area contributed by atoms with Crippen LogP contribution in [0.3, 0.4) is 0 Å². The van der Waals surface area contributed by atoms with Gasteiger partial charge in [-0.05, 0) is 33.1 Å². The van der Waals surface area contributed by atoms with Crippen LogP contribution in [0, 0.1) is 0 Å². The molecule has 0 spiro atoms. The second kappa shape index (κ2) is 5.17. The topological polar surface area (TPSA) is 65.1 Å². The van der Waals surface area contributed by atoms with E-state index >= 15 is 0 Å². The fourth-order valence-corrected chi connectivity index (χ4v) is 2.89. The van der Waals surface area contributed by atoms with Crippen LogP contribution in [0.1, 0.15) is 50.9 Å². The standard InChI is InChI=1S/C12H21ClN4O/c1-8(2)17-10(9(13)7-15-17)11(16-14)12(18-3)5-4-6-12/h7-8,11,16H,4-6,14H2,1-3H3. The SMILES string of the molecule is COC1(C(NN)c2c(Cl)cnn2C(C)C)CCC1. The first-order chi connectivity index (χ1) is 8.55. The minimum Gasteiger partial charge on any atom is -0.376 e. The number of nitrogens with one attached hydrogen (secondary N) is 1. The second-order valence-corrected chi connectivity index (χ2v) is 5.55.